The van der Waals surface area contributed by atoms with Crippen molar-refractivity contribution < 1.29 is 51.0 Å². The van der Waals surface area contributed by atoms with Crippen molar-refractivity contribution in [3.05, 3.63) is 61.4 Å². The summed E-state index contributed by atoms with van der Waals surface area (Å²) in [5.74, 6) is 3.11. The summed E-state index contributed by atoms with van der Waals surface area (Å²) in [6, 6.07) is 0. The van der Waals surface area contributed by atoms with Gasteiger partial charge in [-0.15, -0.1) is 24.0 Å². The summed E-state index contributed by atoms with van der Waals surface area (Å²) in [5.41, 5.74) is 0. The summed E-state index contributed by atoms with van der Waals surface area (Å²) < 4.78 is 0. The third-order valence-electron chi connectivity index (χ3n) is 5.32. The maximum absolute atomic E-state index is 2.48. The average Bonchev–Trinajstić information content (AvgIpc) is 3.08. The molecule has 4 aliphatic rings. The first-order valence-corrected chi connectivity index (χ1v) is 9.27. The second kappa shape index (κ2) is 14.5. The third-order valence-corrected chi connectivity index (χ3v) is 5.32. The molecule has 0 N–H and O–H groups in total. The maximum atomic E-state index is 2.48. The fraction of sp³-hybridized carbons (Fsp3) is 0.545. The van der Waals surface area contributed by atoms with Crippen molar-refractivity contribution in [3.8, 4) is 0 Å². The van der Waals surface area contributed by atoms with Crippen LogP contribution in [-0.4, -0.2) is 0 Å². The van der Waals surface area contributed by atoms with E-state index in [1.807, 2.05) is 0 Å². The van der Waals surface area contributed by atoms with E-state index in [1.165, 1.54) is 51.4 Å². The van der Waals surface area contributed by atoms with Crippen molar-refractivity contribution in [1.29, 1.82) is 0 Å². The van der Waals surface area contributed by atoms with Crippen LogP contribution in [-0.2, 0) is 26.2 Å². The molecule has 0 aromatic carbocycles. The quantitative estimate of drug-likeness (QED) is 0.362. The molecule has 0 saturated carbocycles. The summed E-state index contributed by atoms with van der Waals surface area (Å²) in [7, 11) is 0. The molecule has 0 fully saturated rings. The molecule has 4 atom stereocenters. The van der Waals surface area contributed by atoms with Crippen molar-refractivity contribution in [2.45, 2.75) is 51.4 Å². The molecule has 0 radical (unpaired) electrons. The SMILES string of the molecule is C1=CC2[CH-]CCC/C=C\C2C1.C1=CC2[CH-]CCC/C=C\C2C1.[Cl-].[Cl-].[Zr+4]. The van der Waals surface area contributed by atoms with Crippen molar-refractivity contribution in [1.82, 2.24) is 0 Å². The molecule has 3 heteroatoms. The predicted molar refractivity (Wildman–Crippen MR) is 96.1 cm³/mol. The molecule has 0 aliphatic heterocycles. The maximum Gasteiger partial charge on any atom is 4.00 e. The Morgan fingerprint density at radius 2 is 1.04 bits per heavy atom. The molecule has 4 rings (SSSR count). The zero-order chi connectivity index (χ0) is 15.0. The zero-order valence-corrected chi connectivity index (χ0v) is 19.0. The van der Waals surface area contributed by atoms with Gasteiger partial charge < -0.3 is 37.7 Å². The Morgan fingerprint density at radius 1 is 0.600 bits per heavy atom. The van der Waals surface area contributed by atoms with Crippen LogP contribution in [0, 0.1) is 36.5 Å². The molecule has 0 heterocycles. The van der Waals surface area contributed by atoms with Crippen LogP contribution in [0.4, 0.5) is 0 Å². The van der Waals surface area contributed by atoms with Gasteiger partial charge in [-0.2, -0.15) is 12.8 Å². The Labute approximate surface area is 186 Å². The summed E-state index contributed by atoms with van der Waals surface area (Å²) in [6.07, 6.45) is 34.2. The molecule has 0 aromatic rings. The average molecular weight is 457 g/mol. The number of fused-ring (bicyclic) bond motifs is 2. The number of rotatable bonds is 0. The predicted octanol–water partition coefficient (Wildman–Crippen LogP) is 0.252. The topological polar surface area (TPSA) is 0 Å². The van der Waals surface area contributed by atoms with Crippen LogP contribution >= 0.6 is 0 Å². The van der Waals surface area contributed by atoms with Crippen molar-refractivity contribution in [2.75, 3.05) is 0 Å². The molecular weight excluding hydrogens is 426 g/mol. The largest absolute Gasteiger partial charge is 4.00 e. The fourth-order valence-electron chi connectivity index (χ4n) is 3.94. The molecule has 25 heavy (non-hydrogen) atoms. The van der Waals surface area contributed by atoms with Gasteiger partial charge in [0.25, 0.3) is 0 Å². The minimum absolute atomic E-state index is 0. The normalized spacial score (nSPS) is 34.6. The number of halogens is 2. The van der Waals surface area contributed by atoms with Crippen LogP contribution in [0.5, 0.6) is 0 Å². The second-order valence-electron chi connectivity index (χ2n) is 7.00. The molecule has 0 saturated heterocycles. The van der Waals surface area contributed by atoms with Gasteiger partial charge in [0.1, 0.15) is 0 Å². The van der Waals surface area contributed by atoms with Gasteiger partial charge in [0.2, 0.25) is 0 Å². The van der Waals surface area contributed by atoms with Gasteiger partial charge in [-0.1, -0.05) is 49.3 Å². The molecule has 0 bridgehead atoms. The van der Waals surface area contributed by atoms with Gasteiger partial charge in [-0.05, 0) is 37.5 Å². The van der Waals surface area contributed by atoms with Crippen molar-refractivity contribution >= 4 is 0 Å². The van der Waals surface area contributed by atoms with Gasteiger partial charge in [-0.25, -0.2) is 0 Å². The van der Waals surface area contributed by atoms with Crippen molar-refractivity contribution in [2.24, 2.45) is 23.7 Å². The van der Waals surface area contributed by atoms with Crippen LogP contribution < -0.4 is 24.8 Å². The van der Waals surface area contributed by atoms with Gasteiger partial charge >= 0.3 is 26.2 Å². The van der Waals surface area contributed by atoms with E-state index in [0.29, 0.717) is 0 Å². The fourth-order valence-corrected chi connectivity index (χ4v) is 3.94. The molecule has 0 aromatic heterocycles. The Bertz CT molecular complexity index is 411. The summed E-state index contributed by atoms with van der Waals surface area (Å²) in [4.78, 5) is 0. The first kappa shape index (κ1) is 25.4. The monoisotopic (exact) mass is 454 g/mol. The summed E-state index contributed by atoms with van der Waals surface area (Å²) >= 11 is 0. The Balaban J connectivity index is 0.000000411. The molecule has 4 aliphatic carbocycles. The first-order chi connectivity index (χ1) is 10.9. The molecule has 4 unspecified atom stereocenters. The zero-order valence-electron chi connectivity index (χ0n) is 15.0. The summed E-state index contributed by atoms with van der Waals surface area (Å²) in [5, 5.41) is 0. The molecule has 0 nitrogen and oxygen atoms in total. The van der Waals surface area contributed by atoms with E-state index in [2.05, 4.69) is 61.4 Å². The van der Waals surface area contributed by atoms with E-state index in [-0.39, 0.29) is 51.0 Å². The van der Waals surface area contributed by atoms with Crippen LogP contribution in [0.3, 0.4) is 0 Å². The van der Waals surface area contributed by atoms with E-state index < -0.39 is 0 Å². The molecular formula is C22H30Cl2Zr. The number of hydrogen-bond acceptors (Lipinski definition) is 0. The van der Waals surface area contributed by atoms with Gasteiger partial charge in [0, 0.05) is 0 Å². The Kier molecular flexibility index (Phi) is 14.7. The Morgan fingerprint density at radius 3 is 1.48 bits per heavy atom. The first-order valence-electron chi connectivity index (χ1n) is 9.27. The molecule has 0 spiro atoms. The second-order valence-corrected chi connectivity index (χ2v) is 7.00. The number of hydrogen-bond donors (Lipinski definition) is 0. The minimum atomic E-state index is 0. The van der Waals surface area contributed by atoms with Gasteiger partial charge in [-0.3, -0.25) is 0 Å². The van der Waals surface area contributed by atoms with Crippen LogP contribution in [0.1, 0.15) is 51.4 Å². The van der Waals surface area contributed by atoms with Crippen LogP contribution in [0.15, 0.2) is 48.6 Å². The molecule has 136 valence electrons. The van der Waals surface area contributed by atoms with Gasteiger partial charge in [0.15, 0.2) is 0 Å². The minimum Gasteiger partial charge on any atom is -1.00 e. The number of allylic oxidation sites excluding steroid dienone is 8. The van der Waals surface area contributed by atoms with Crippen LogP contribution in [0.25, 0.3) is 0 Å². The summed E-state index contributed by atoms with van der Waals surface area (Å²) in [6.45, 7) is 0. The van der Waals surface area contributed by atoms with Gasteiger partial charge in [0.05, 0.1) is 0 Å². The van der Waals surface area contributed by atoms with E-state index in [4.69, 9.17) is 0 Å². The standard InChI is InChI=1S/2C11H15.2ClH.Zr/c2*1-2-4-7-11-9-5-8-10(11)6-3-1;;;/h2*3,5-7,9-11H,1-2,4,8H2;2*1H;/q2*-1;;;+4/p-2/b2*6-3-;;;. The van der Waals surface area contributed by atoms with E-state index >= 15 is 0 Å². The van der Waals surface area contributed by atoms with E-state index in [1.54, 1.807) is 0 Å². The molecule has 0 amide bonds. The van der Waals surface area contributed by atoms with Crippen molar-refractivity contribution in [3.63, 3.8) is 0 Å². The van der Waals surface area contributed by atoms with E-state index in [0.717, 1.165) is 23.7 Å². The smallest absolute Gasteiger partial charge is 1.00 e. The van der Waals surface area contributed by atoms with E-state index in [9.17, 15) is 0 Å². The van der Waals surface area contributed by atoms with Crippen LogP contribution in [0.2, 0.25) is 0 Å². The Hall–Kier alpha value is 0.423. The third kappa shape index (κ3) is 8.32.